The lowest BCUT2D eigenvalue weighted by Gasteiger charge is -2.22. The summed E-state index contributed by atoms with van der Waals surface area (Å²) < 4.78 is 19.0. The fraction of sp³-hybridized carbons (Fsp3) is 0. The van der Waals surface area contributed by atoms with Gasteiger partial charge in [0.15, 0.2) is 0 Å². The number of phenolic OH excluding ortho intramolecular Hbond substituents is 2. The van der Waals surface area contributed by atoms with Crippen molar-refractivity contribution in [3.63, 3.8) is 0 Å². The first-order valence-corrected chi connectivity index (χ1v) is 9.14. The van der Waals surface area contributed by atoms with Crippen LogP contribution in [0.15, 0.2) is 78.9 Å². The maximum absolute atomic E-state index is 13.3. The van der Waals surface area contributed by atoms with Gasteiger partial charge in [-0.2, -0.15) is 0 Å². The molecule has 3 rings (SSSR count). The van der Waals surface area contributed by atoms with Crippen LogP contribution in [0.5, 0.6) is 17.2 Å². The smallest absolute Gasteiger partial charge is 0.444 e. The highest BCUT2D eigenvalue weighted by Gasteiger charge is 2.25. The van der Waals surface area contributed by atoms with Crippen LogP contribution in [0.3, 0.4) is 0 Å². The van der Waals surface area contributed by atoms with Crippen LogP contribution in [0.2, 0.25) is 0 Å². The van der Waals surface area contributed by atoms with Gasteiger partial charge in [0.05, 0.1) is 0 Å². The summed E-state index contributed by atoms with van der Waals surface area (Å²) >= 11 is 0. The molecule has 0 aromatic heterocycles. The minimum Gasteiger partial charge on any atom is -0.508 e. The summed E-state index contributed by atoms with van der Waals surface area (Å²) in [6, 6.07) is 21.1. The first-order valence-electron chi connectivity index (χ1n) is 7.52. The lowest BCUT2D eigenvalue weighted by molar-refractivity contribution is 0.475. The van der Waals surface area contributed by atoms with Crippen LogP contribution in [0.4, 0.5) is 11.4 Å². The largest absolute Gasteiger partial charge is 0.508 e. The van der Waals surface area contributed by atoms with Gasteiger partial charge in [0.1, 0.15) is 17.2 Å². The quantitative estimate of drug-likeness (QED) is 0.374. The molecule has 7 heteroatoms. The van der Waals surface area contributed by atoms with Crippen molar-refractivity contribution in [3.05, 3.63) is 78.9 Å². The first kappa shape index (κ1) is 16.7. The minimum atomic E-state index is -3.58. The Hall–Kier alpha value is -3.11. The minimum absolute atomic E-state index is 0.107. The predicted octanol–water partition coefficient (Wildman–Crippen LogP) is 4.81. The molecule has 3 aromatic carbocycles. The molecule has 0 spiro atoms. The molecule has 0 unspecified atom stereocenters. The molecule has 3 aromatic rings. The number of para-hydroxylation sites is 1. The SMILES string of the molecule is O=P(Nc1ccc(O)cc1)(Nc1ccc(O)cc1)Oc1ccccc1. The van der Waals surface area contributed by atoms with E-state index in [1.54, 1.807) is 48.5 Å². The Bertz CT molecular complexity index is 816. The molecule has 0 atom stereocenters. The van der Waals surface area contributed by atoms with E-state index in [1.165, 1.54) is 24.3 Å². The van der Waals surface area contributed by atoms with Crippen LogP contribution in [0, 0.1) is 0 Å². The van der Waals surface area contributed by atoms with E-state index >= 15 is 0 Å². The number of phenols is 2. The molecule has 0 bridgehead atoms. The van der Waals surface area contributed by atoms with Crippen LogP contribution in [-0.2, 0) is 4.57 Å². The van der Waals surface area contributed by atoms with Crippen LogP contribution < -0.4 is 14.7 Å². The number of rotatable bonds is 6. The molecule has 128 valence electrons. The van der Waals surface area contributed by atoms with Gasteiger partial charge in [0, 0.05) is 11.4 Å². The highest BCUT2D eigenvalue weighted by molar-refractivity contribution is 7.62. The maximum atomic E-state index is 13.3. The summed E-state index contributed by atoms with van der Waals surface area (Å²) in [7, 11) is -3.58. The monoisotopic (exact) mass is 356 g/mol. The Morgan fingerprint density at radius 3 is 1.56 bits per heavy atom. The van der Waals surface area contributed by atoms with Gasteiger partial charge in [0.2, 0.25) is 0 Å². The Balaban J connectivity index is 1.87. The van der Waals surface area contributed by atoms with Crippen LogP contribution >= 0.6 is 7.67 Å². The fourth-order valence-electron chi connectivity index (χ4n) is 2.12. The van der Waals surface area contributed by atoms with Gasteiger partial charge in [-0.05, 0) is 60.7 Å². The standard InChI is InChI=1S/C18H17N2O4P/c21-16-10-6-14(7-11-16)19-25(23,24-18-4-2-1-3-5-18)20-15-8-12-17(22)13-9-15/h1-13,21-22H,(H2,19,20,23). The molecule has 25 heavy (non-hydrogen) atoms. The van der Waals surface area contributed by atoms with Gasteiger partial charge in [-0.3, -0.25) is 10.2 Å². The molecule has 0 amide bonds. The van der Waals surface area contributed by atoms with E-state index in [0.717, 1.165) is 0 Å². The number of benzene rings is 3. The summed E-state index contributed by atoms with van der Waals surface area (Å²) in [6.07, 6.45) is 0. The summed E-state index contributed by atoms with van der Waals surface area (Å²) in [5, 5.41) is 24.5. The summed E-state index contributed by atoms with van der Waals surface area (Å²) in [5.74, 6) is 0.648. The lowest BCUT2D eigenvalue weighted by Crippen LogP contribution is -2.12. The van der Waals surface area contributed by atoms with Crippen LogP contribution in [0.1, 0.15) is 0 Å². The molecule has 0 aliphatic carbocycles. The normalized spacial score (nSPS) is 10.9. The van der Waals surface area contributed by atoms with E-state index < -0.39 is 7.67 Å². The Morgan fingerprint density at radius 2 is 1.12 bits per heavy atom. The molecular weight excluding hydrogens is 339 g/mol. The van der Waals surface area contributed by atoms with Crippen molar-refractivity contribution in [2.24, 2.45) is 0 Å². The predicted molar refractivity (Wildman–Crippen MR) is 98.1 cm³/mol. The molecule has 0 radical (unpaired) electrons. The topological polar surface area (TPSA) is 90.8 Å². The third kappa shape index (κ3) is 4.68. The van der Waals surface area contributed by atoms with Crippen molar-refractivity contribution in [3.8, 4) is 17.2 Å². The van der Waals surface area contributed by atoms with Crippen molar-refractivity contribution in [1.29, 1.82) is 0 Å². The highest BCUT2D eigenvalue weighted by Crippen LogP contribution is 2.47. The summed E-state index contributed by atoms with van der Waals surface area (Å²) in [5.41, 5.74) is 1.03. The molecular formula is C18H17N2O4P. The molecule has 6 nitrogen and oxygen atoms in total. The van der Waals surface area contributed by atoms with Gasteiger partial charge in [0.25, 0.3) is 0 Å². The molecule has 0 fully saturated rings. The lowest BCUT2D eigenvalue weighted by atomic mass is 10.3. The van der Waals surface area contributed by atoms with Gasteiger partial charge < -0.3 is 14.7 Å². The van der Waals surface area contributed by atoms with E-state index in [-0.39, 0.29) is 11.5 Å². The highest BCUT2D eigenvalue weighted by atomic mass is 31.2. The molecule has 0 aliphatic heterocycles. The van der Waals surface area contributed by atoms with Crippen molar-refractivity contribution < 1.29 is 19.3 Å². The Labute approximate surface area is 145 Å². The van der Waals surface area contributed by atoms with Gasteiger partial charge in [-0.15, -0.1) is 0 Å². The average Bonchev–Trinajstić information content (AvgIpc) is 2.60. The van der Waals surface area contributed by atoms with Crippen LogP contribution in [-0.4, -0.2) is 10.2 Å². The molecule has 0 saturated carbocycles. The zero-order valence-corrected chi connectivity index (χ0v) is 14.1. The molecule has 0 heterocycles. The zero-order chi connectivity index (χ0) is 17.7. The van der Waals surface area contributed by atoms with E-state index in [0.29, 0.717) is 17.1 Å². The Morgan fingerprint density at radius 1 is 0.680 bits per heavy atom. The van der Waals surface area contributed by atoms with E-state index in [4.69, 9.17) is 4.52 Å². The first-order chi connectivity index (χ1) is 12.0. The van der Waals surface area contributed by atoms with Crippen molar-refractivity contribution in [2.75, 3.05) is 10.2 Å². The Kier molecular flexibility index (Phi) is 4.82. The van der Waals surface area contributed by atoms with E-state index in [9.17, 15) is 14.8 Å². The zero-order valence-electron chi connectivity index (χ0n) is 13.2. The number of nitrogens with one attached hydrogen (secondary N) is 2. The average molecular weight is 356 g/mol. The number of hydrogen-bond acceptors (Lipinski definition) is 4. The van der Waals surface area contributed by atoms with E-state index in [1.807, 2.05) is 6.07 Å². The number of aromatic hydroxyl groups is 2. The fourth-order valence-corrected chi connectivity index (χ4v) is 3.66. The molecule has 0 aliphatic rings. The molecule has 0 saturated heterocycles. The second-order valence-electron chi connectivity index (χ2n) is 5.27. The van der Waals surface area contributed by atoms with Crippen molar-refractivity contribution in [2.45, 2.75) is 0 Å². The third-order valence-electron chi connectivity index (χ3n) is 3.26. The van der Waals surface area contributed by atoms with Crippen molar-refractivity contribution >= 4 is 19.0 Å². The van der Waals surface area contributed by atoms with E-state index in [2.05, 4.69) is 10.2 Å². The maximum Gasteiger partial charge on any atom is 0.444 e. The summed E-state index contributed by atoms with van der Waals surface area (Å²) in [4.78, 5) is 0. The van der Waals surface area contributed by atoms with Gasteiger partial charge >= 0.3 is 7.67 Å². The number of anilines is 2. The third-order valence-corrected chi connectivity index (χ3v) is 4.84. The second kappa shape index (κ2) is 7.20. The molecule has 4 N–H and O–H groups in total. The second-order valence-corrected chi connectivity index (χ2v) is 7.01. The summed E-state index contributed by atoms with van der Waals surface area (Å²) in [6.45, 7) is 0. The van der Waals surface area contributed by atoms with Crippen LogP contribution in [0.25, 0.3) is 0 Å². The number of hydrogen-bond donors (Lipinski definition) is 4. The van der Waals surface area contributed by atoms with Gasteiger partial charge in [-0.25, -0.2) is 4.57 Å². The van der Waals surface area contributed by atoms with Gasteiger partial charge in [-0.1, -0.05) is 18.2 Å². The van der Waals surface area contributed by atoms with Crippen molar-refractivity contribution in [1.82, 2.24) is 0 Å².